The molecule has 0 unspecified atom stereocenters. The zero-order chi connectivity index (χ0) is 22.5. The second-order valence-corrected chi connectivity index (χ2v) is 7.98. The Labute approximate surface area is 193 Å². The Hall–Kier alpha value is -2.74. The zero-order valence-corrected chi connectivity index (χ0v) is 18.7. The molecule has 0 aliphatic carbocycles. The Bertz CT molecular complexity index is 1160. The highest BCUT2D eigenvalue weighted by molar-refractivity contribution is 6.38. The molecule has 3 rings (SSSR count). The van der Waals surface area contributed by atoms with Gasteiger partial charge in [-0.3, -0.25) is 19.8 Å². The molecular formula is C21H19Cl3N4O3. The molecule has 0 aliphatic heterocycles. The minimum Gasteiger partial charge on any atom is -0.348 e. The van der Waals surface area contributed by atoms with Crippen LogP contribution in [0.1, 0.15) is 30.3 Å². The fourth-order valence-corrected chi connectivity index (χ4v) is 3.50. The quantitative estimate of drug-likeness (QED) is 0.347. The Balaban J connectivity index is 1.92. The van der Waals surface area contributed by atoms with Gasteiger partial charge in [-0.05, 0) is 48.9 Å². The summed E-state index contributed by atoms with van der Waals surface area (Å²) < 4.78 is 1.24. The van der Waals surface area contributed by atoms with Gasteiger partial charge in [-0.15, -0.1) is 0 Å². The van der Waals surface area contributed by atoms with E-state index in [-0.39, 0.29) is 10.7 Å². The highest BCUT2D eigenvalue weighted by Crippen LogP contribution is 2.27. The Morgan fingerprint density at radius 1 is 0.935 bits per heavy atom. The van der Waals surface area contributed by atoms with E-state index >= 15 is 0 Å². The van der Waals surface area contributed by atoms with Gasteiger partial charge < -0.3 is 10.6 Å². The van der Waals surface area contributed by atoms with Crippen molar-refractivity contribution < 1.29 is 14.4 Å². The summed E-state index contributed by atoms with van der Waals surface area (Å²) in [5.41, 5.74) is 3.39. The standard InChI is InChI=1S/C21H19Cl3N4O3/c1-2-3-8-25-20(30)21(31)27-28-17-7-5-13(22)9-12(17)10-18(28)19(29)26-16-6-4-14(23)11-15(16)24/h4-7,9-11H,2-3,8H2,1H3,(H,25,30)(H,26,29)(H,27,31). The fourth-order valence-electron chi connectivity index (χ4n) is 2.86. The Morgan fingerprint density at radius 3 is 2.35 bits per heavy atom. The lowest BCUT2D eigenvalue weighted by molar-refractivity contribution is -0.136. The van der Waals surface area contributed by atoms with Crippen molar-refractivity contribution in [3.05, 3.63) is 63.2 Å². The van der Waals surface area contributed by atoms with Crippen molar-refractivity contribution in [2.45, 2.75) is 19.8 Å². The van der Waals surface area contributed by atoms with Crippen LogP contribution in [0.15, 0.2) is 42.5 Å². The summed E-state index contributed by atoms with van der Waals surface area (Å²) in [6, 6.07) is 11.1. The van der Waals surface area contributed by atoms with Crippen LogP contribution in [0.5, 0.6) is 0 Å². The number of benzene rings is 2. The third-order valence-corrected chi connectivity index (χ3v) is 5.19. The molecular weight excluding hydrogens is 463 g/mol. The van der Waals surface area contributed by atoms with Crippen molar-refractivity contribution >= 4 is 69.1 Å². The summed E-state index contributed by atoms with van der Waals surface area (Å²) >= 11 is 18.1. The van der Waals surface area contributed by atoms with Gasteiger partial charge in [0.25, 0.3) is 5.91 Å². The van der Waals surface area contributed by atoms with Crippen molar-refractivity contribution in [1.29, 1.82) is 0 Å². The molecule has 10 heteroatoms. The number of anilines is 1. The van der Waals surface area contributed by atoms with E-state index in [2.05, 4.69) is 16.1 Å². The van der Waals surface area contributed by atoms with Crippen molar-refractivity contribution in [1.82, 2.24) is 9.99 Å². The molecule has 0 spiro atoms. The van der Waals surface area contributed by atoms with Crippen LogP contribution in [0.4, 0.5) is 5.69 Å². The van der Waals surface area contributed by atoms with Crippen LogP contribution in [0, 0.1) is 0 Å². The average Bonchev–Trinajstić information content (AvgIpc) is 3.07. The first-order valence-corrected chi connectivity index (χ1v) is 10.6. The Morgan fingerprint density at radius 2 is 1.65 bits per heavy atom. The number of aromatic nitrogens is 1. The maximum Gasteiger partial charge on any atom is 0.328 e. The van der Waals surface area contributed by atoms with Crippen LogP contribution in [0.2, 0.25) is 15.1 Å². The van der Waals surface area contributed by atoms with E-state index in [1.807, 2.05) is 6.92 Å². The second-order valence-electron chi connectivity index (χ2n) is 6.70. The highest BCUT2D eigenvalue weighted by atomic mass is 35.5. The van der Waals surface area contributed by atoms with E-state index in [0.29, 0.717) is 33.2 Å². The van der Waals surface area contributed by atoms with E-state index < -0.39 is 17.7 Å². The summed E-state index contributed by atoms with van der Waals surface area (Å²) in [7, 11) is 0. The first-order chi connectivity index (χ1) is 14.8. The summed E-state index contributed by atoms with van der Waals surface area (Å²) in [5.74, 6) is -2.25. The molecule has 1 aromatic heterocycles. The first kappa shape index (κ1) is 22.9. The van der Waals surface area contributed by atoms with Gasteiger partial charge in [-0.25, -0.2) is 4.68 Å². The third-order valence-electron chi connectivity index (χ3n) is 4.41. The van der Waals surface area contributed by atoms with Gasteiger partial charge in [0.2, 0.25) is 0 Å². The zero-order valence-electron chi connectivity index (χ0n) is 16.5. The average molecular weight is 482 g/mol. The Kier molecular flexibility index (Phi) is 7.43. The van der Waals surface area contributed by atoms with Crippen molar-refractivity contribution in [3.63, 3.8) is 0 Å². The minimum absolute atomic E-state index is 0.0815. The molecule has 0 radical (unpaired) electrons. The number of halogens is 3. The van der Waals surface area contributed by atoms with Gasteiger partial charge in [0, 0.05) is 22.0 Å². The summed E-state index contributed by atoms with van der Waals surface area (Å²) in [5, 5.41) is 6.96. The molecule has 2 aromatic carbocycles. The molecule has 162 valence electrons. The van der Waals surface area contributed by atoms with Gasteiger partial charge >= 0.3 is 11.8 Å². The SMILES string of the molecule is CCCCNC(=O)C(=O)Nn1c(C(=O)Nc2ccc(Cl)cc2Cl)cc2cc(Cl)ccc21. The smallest absolute Gasteiger partial charge is 0.328 e. The number of carbonyl (C=O) groups is 3. The summed E-state index contributed by atoms with van der Waals surface area (Å²) in [4.78, 5) is 37.5. The number of carbonyl (C=O) groups excluding carboxylic acids is 3. The van der Waals surface area contributed by atoms with Crippen molar-refractivity contribution in [2.75, 3.05) is 17.3 Å². The van der Waals surface area contributed by atoms with E-state index in [9.17, 15) is 14.4 Å². The number of amides is 3. The van der Waals surface area contributed by atoms with Crippen LogP contribution in [0.25, 0.3) is 10.9 Å². The predicted molar refractivity (Wildman–Crippen MR) is 124 cm³/mol. The van der Waals surface area contributed by atoms with E-state index in [1.165, 1.54) is 10.7 Å². The van der Waals surface area contributed by atoms with Crippen LogP contribution in [0.3, 0.4) is 0 Å². The van der Waals surface area contributed by atoms with E-state index in [1.54, 1.807) is 36.4 Å². The largest absolute Gasteiger partial charge is 0.348 e. The molecule has 0 aliphatic rings. The molecule has 3 aromatic rings. The van der Waals surface area contributed by atoms with Crippen molar-refractivity contribution in [2.24, 2.45) is 0 Å². The molecule has 3 amide bonds. The molecule has 0 bridgehead atoms. The molecule has 3 N–H and O–H groups in total. The number of nitrogens with zero attached hydrogens (tertiary/aromatic N) is 1. The number of unbranched alkanes of at least 4 members (excludes halogenated alkanes) is 1. The molecule has 0 atom stereocenters. The lowest BCUT2D eigenvalue weighted by Crippen LogP contribution is -2.40. The molecule has 1 heterocycles. The topological polar surface area (TPSA) is 92.2 Å². The maximum absolute atomic E-state index is 13.0. The van der Waals surface area contributed by atoms with Crippen LogP contribution in [-0.2, 0) is 9.59 Å². The second kappa shape index (κ2) is 10.0. The summed E-state index contributed by atoms with van der Waals surface area (Å²) in [6.07, 6.45) is 1.63. The normalized spacial score (nSPS) is 10.7. The monoisotopic (exact) mass is 480 g/mol. The minimum atomic E-state index is -0.901. The van der Waals surface area contributed by atoms with Crippen LogP contribution < -0.4 is 16.1 Å². The third kappa shape index (κ3) is 5.50. The molecule has 7 nitrogen and oxygen atoms in total. The number of fused-ring (bicyclic) bond motifs is 1. The number of rotatable bonds is 6. The van der Waals surface area contributed by atoms with Crippen molar-refractivity contribution in [3.8, 4) is 0 Å². The van der Waals surface area contributed by atoms with E-state index in [4.69, 9.17) is 34.8 Å². The van der Waals surface area contributed by atoms with Gasteiger partial charge in [-0.2, -0.15) is 0 Å². The van der Waals surface area contributed by atoms with Gasteiger partial charge in [-0.1, -0.05) is 48.1 Å². The maximum atomic E-state index is 13.0. The number of hydrogen-bond acceptors (Lipinski definition) is 3. The highest BCUT2D eigenvalue weighted by Gasteiger charge is 2.21. The lowest BCUT2D eigenvalue weighted by atomic mass is 10.2. The first-order valence-electron chi connectivity index (χ1n) is 9.46. The lowest BCUT2D eigenvalue weighted by Gasteiger charge is -2.13. The molecule has 31 heavy (non-hydrogen) atoms. The van der Waals surface area contributed by atoms with E-state index in [0.717, 1.165) is 12.8 Å². The number of hydrogen-bond donors (Lipinski definition) is 3. The number of nitrogens with one attached hydrogen (secondary N) is 3. The molecule has 0 saturated carbocycles. The van der Waals surface area contributed by atoms with Gasteiger partial charge in [0.1, 0.15) is 5.69 Å². The molecule has 0 fully saturated rings. The fraction of sp³-hybridized carbons (Fsp3) is 0.190. The summed E-state index contributed by atoms with van der Waals surface area (Å²) in [6.45, 7) is 2.36. The van der Waals surface area contributed by atoms with Gasteiger partial charge in [0.05, 0.1) is 16.2 Å². The van der Waals surface area contributed by atoms with Crippen LogP contribution in [-0.4, -0.2) is 28.9 Å². The van der Waals surface area contributed by atoms with Crippen LogP contribution >= 0.6 is 34.8 Å². The molecule has 0 saturated heterocycles. The van der Waals surface area contributed by atoms with Gasteiger partial charge in [0.15, 0.2) is 0 Å². The predicted octanol–water partition coefficient (Wildman–Crippen LogP) is 4.84.